The number of aryl methyl sites for hydroxylation is 1. The average Bonchev–Trinajstić information content (AvgIpc) is 3.71. The number of carbonyl (C=O) groups excluding carboxylic acids is 7. The third-order valence-electron chi connectivity index (χ3n) is 13.7. The van der Waals surface area contributed by atoms with Crippen LogP contribution in [0, 0.1) is 12.7 Å². The second kappa shape index (κ2) is 21.0. The number of aromatic nitrogens is 2. The summed E-state index contributed by atoms with van der Waals surface area (Å²) in [5.74, 6) is -6.25. The molecule has 0 saturated carbocycles. The summed E-state index contributed by atoms with van der Waals surface area (Å²) in [4.78, 5) is 116. The Kier molecular flexibility index (Phi) is 15.1. The van der Waals surface area contributed by atoms with E-state index in [0.717, 1.165) is 10.6 Å². The summed E-state index contributed by atoms with van der Waals surface area (Å²) in [6.07, 6.45) is 1.17. The summed E-state index contributed by atoms with van der Waals surface area (Å²) in [5.41, 5.74) is 7.57. The normalized spacial score (nSPS) is 21.2. The smallest absolute Gasteiger partial charge is 0.343 e. The van der Waals surface area contributed by atoms with Gasteiger partial charge in [0.15, 0.2) is 11.4 Å². The molecule has 1 saturated heterocycles. The molecule has 1 fully saturated rings. The zero-order valence-corrected chi connectivity index (χ0v) is 42.2. The highest BCUT2D eigenvalue weighted by Gasteiger charge is 2.47. The zero-order chi connectivity index (χ0) is 53.4. The van der Waals surface area contributed by atoms with E-state index in [9.17, 15) is 43.5 Å². The van der Waals surface area contributed by atoms with Crippen molar-refractivity contribution in [2.45, 2.75) is 135 Å². The molecule has 1 aliphatic carbocycles. The van der Waals surface area contributed by atoms with Gasteiger partial charge in [0.05, 0.1) is 59.8 Å². The van der Waals surface area contributed by atoms with E-state index in [-0.39, 0.29) is 68.8 Å². The first kappa shape index (κ1) is 53.2. The molecule has 74 heavy (non-hydrogen) atoms. The van der Waals surface area contributed by atoms with Gasteiger partial charge < -0.3 is 51.5 Å². The Morgan fingerprint density at radius 1 is 0.986 bits per heavy atom. The van der Waals surface area contributed by atoms with Crippen molar-refractivity contribution in [3.8, 4) is 11.4 Å². The number of cyclic esters (lactones) is 1. The fourth-order valence-electron chi connectivity index (χ4n) is 10.3. The SMILES string of the molecule is CC[C@@]1(O)C(=O)OCc2c1cc1n(c2=O)Cc2c-1nc1cc(F)c(C)c3c1c2[C@@H](NC(=O)CCCNC(=O)CNC(=O)[C@H](Cc1ccccc1)NC(=O)CNC(=O)CN1OC(C)(OC(C)(C)C)C[C@H](N)C1=O)CC3. The number of hydrogen-bond acceptors (Lipinski definition) is 14. The van der Waals surface area contributed by atoms with Gasteiger partial charge in [0.25, 0.3) is 11.5 Å². The lowest BCUT2D eigenvalue weighted by atomic mass is 9.81. The van der Waals surface area contributed by atoms with Crippen LogP contribution in [0.2, 0.25) is 0 Å². The van der Waals surface area contributed by atoms with Gasteiger partial charge >= 0.3 is 5.97 Å². The van der Waals surface area contributed by atoms with Gasteiger partial charge in [0.1, 0.15) is 25.0 Å². The molecule has 22 heteroatoms. The van der Waals surface area contributed by atoms with Gasteiger partial charge in [0, 0.05) is 48.4 Å². The minimum absolute atomic E-state index is 0.00646. The number of amides is 6. The third-order valence-corrected chi connectivity index (χ3v) is 13.7. The molecule has 5 heterocycles. The highest BCUT2D eigenvalue weighted by molar-refractivity contribution is 5.95. The largest absolute Gasteiger partial charge is 0.458 e. The highest BCUT2D eigenvalue weighted by atomic mass is 19.1. The minimum atomic E-state index is -2.04. The number of pyridine rings is 2. The van der Waals surface area contributed by atoms with Crippen LogP contribution in [0.5, 0.6) is 0 Å². The molecular formula is C52H62FN9O12. The number of hydroxylamine groups is 2. The molecule has 3 aliphatic heterocycles. The molecule has 2 aromatic carbocycles. The Labute approximate surface area is 425 Å². The second-order valence-electron chi connectivity index (χ2n) is 20.4. The highest BCUT2D eigenvalue weighted by Crippen LogP contribution is 2.46. The predicted octanol–water partition coefficient (Wildman–Crippen LogP) is 1.51. The van der Waals surface area contributed by atoms with Crippen LogP contribution in [0.4, 0.5) is 4.39 Å². The number of rotatable bonds is 17. The zero-order valence-electron chi connectivity index (χ0n) is 42.2. The van der Waals surface area contributed by atoms with Crippen LogP contribution >= 0.6 is 0 Å². The van der Waals surface area contributed by atoms with E-state index in [1.807, 2.05) is 0 Å². The monoisotopic (exact) mass is 1020 g/mol. The Morgan fingerprint density at radius 3 is 2.43 bits per heavy atom. The van der Waals surface area contributed by atoms with Crippen molar-refractivity contribution >= 4 is 52.3 Å². The Balaban J connectivity index is 0.853. The van der Waals surface area contributed by atoms with Gasteiger partial charge in [-0.3, -0.25) is 33.6 Å². The van der Waals surface area contributed by atoms with E-state index in [2.05, 4.69) is 26.6 Å². The first-order valence-electron chi connectivity index (χ1n) is 24.7. The van der Waals surface area contributed by atoms with Crippen molar-refractivity contribution in [2.75, 3.05) is 26.2 Å². The molecule has 4 aromatic rings. The number of fused-ring (bicyclic) bond motifs is 5. The quantitative estimate of drug-likeness (QED) is 0.0514. The van der Waals surface area contributed by atoms with Crippen LogP contribution in [0.25, 0.3) is 22.3 Å². The molecule has 8 N–H and O–H groups in total. The summed E-state index contributed by atoms with van der Waals surface area (Å²) in [7, 11) is 0. The Bertz CT molecular complexity index is 3010. The first-order valence-corrected chi connectivity index (χ1v) is 24.7. The number of aliphatic hydroxyl groups is 1. The lowest BCUT2D eigenvalue weighted by molar-refractivity contribution is -0.362. The molecule has 6 amide bonds. The topological polar surface area (TPSA) is 292 Å². The van der Waals surface area contributed by atoms with Gasteiger partial charge in [-0.05, 0) is 88.6 Å². The average molecular weight is 1020 g/mol. The number of nitrogens with one attached hydrogen (secondary N) is 5. The maximum Gasteiger partial charge on any atom is 0.343 e. The van der Waals surface area contributed by atoms with Gasteiger partial charge in [-0.2, -0.15) is 0 Å². The number of esters is 1. The molecule has 4 aliphatic rings. The summed E-state index contributed by atoms with van der Waals surface area (Å²) in [6.45, 7) is 8.60. The molecule has 8 rings (SSSR count). The fourth-order valence-corrected chi connectivity index (χ4v) is 10.3. The van der Waals surface area contributed by atoms with Crippen molar-refractivity contribution in [3.05, 3.63) is 97.6 Å². The van der Waals surface area contributed by atoms with E-state index in [1.54, 1.807) is 77.9 Å². The van der Waals surface area contributed by atoms with Crippen LogP contribution in [0.3, 0.4) is 0 Å². The van der Waals surface area contributed by atoms with Gasteiger partial charge in [-0.15, -0.1) is 0 Å². The maximum absolute atomic E-state index is 15.4. The number of ether oxygens (including phenoxy) is 2. The number of nitrogens with zero attached hydrogens (tertiary/aromatic N) is 3. The Hall–Kier alpha value is -7.14. The first-order chi connectivity index (χ1) is 35.0. The van der Waals surface area contributed by atoms with Gasteiger partial charge in [-0.1, -0.05) is 37.3 Å². The molecular weight excluding hydrogens is 962 g/mol. The summed E-state index contributed by atoms with van der Waals surface area (Å²) in [6, 6.07) is 9.06. The van der Waals surface area contributed by atoms with Crippen molar-refractivity contribution in [2.24, 2.45) is 5.73 Å². The number of halogens is 1. The number of benzene rings is 2. The Morgan fingerprint density at radius 2 is 1.72 bits per heavy atom. The molecule has 2 aromatic heterocycles. The fraction of sp³-hybridized carbons (Fsp3) is 0.481. The summed E-state index contributed by atoms with van der Waals surface area (Å²) in [5, 5.41) is 26.3. The molecule has 0 bridgehead atoms. The molecule has 5 atom stereocenters. The molecule has 0 radical (unpaired) electrons. The second-order valence-corrected chi connectivity index (χ2v) is 20.4. The van der Waals surface area contributed by atoms with Gasteiger partial charge in [0.2, 0.25) is 29.5 Å². The molecule has 21 nitrogen and oxygen atoms in total. The van der Waals surface area contributed by atoms with E-state index >= 15 is 4.39 Å². The van der Waals surface area contributed by atoms with Crippen LogP contribution in [-0.2, 0) is 79.5 Å². The van der Waals surface area contributed by atoms with Crippen molar-refractivity contribution in [3.63, 3.8) is 0 Å². The van der Waals surface area contributed by atoms with Crippen LogP contribution in [0.1, 0.15) is 112 Å². The standard InChI is InChI=1S/C52H62FN9O12/c1-7-52(71)32-19-38-45-30(24-61(38)47(68)31(32)26-72-49(52)70)44-35(16-15-29-27(2)33(53)20-36(60-45)43(29)44)58-39(63)14-11-17-55-40(64)22-57-46(67)37(18-28-12-9-8-10-13-28)59-41(65)23-56-42(66)25-62-48(69)34(54)21-51(6,74-62)73-50(3,4)5/h8-10,12-13,19-20,34-35,37,71H,7,11,14-18,21-26,54H2,1-6H3,(H,55,64)(H,56,66)(H,57,67)(H,58,63)(H,59,65)/t34-,35-,37-,51?,52-/m0/s1. The third kappa shape index (κ3) is 11.0. The lowest BCUT2D eigenvalue weighted by Gasteiger charge is -2.44. The lowest BCUT2D eigenvalue weighted by Crippen LogP contribution is -2.60. The summed E-state index contributed by atoms with van der Waals surface area (Å²) < 4.78 is 28.1. The molecule has 394 valence electrons. The van der Waals surface area contributed by atoms with E-state index in [4.69, 9.17) is 25.0 Å². The van der Waals surface area contributed by atoms with Crippen LogP contribution in [0.15, 0.2) is 47.3 Å². The number of nitrogens with two attached hydrogens (primary N) is 1. The van der Waals surface area contributed by atoms with E-state index in [0.29, 0.717) is 57.4 Å². The summed E-state index contributed by atoms with van der Waals surface area (Å²) >= 11 is 0. The maximum atomic E-state index is 15.4. The van der Waals surface area contributed by atoms with Crippen molar-refractivity contribution in [1.29, 1.82) is 0 Å². The molecule has 1 unspecified atom stereocenters. The van der Waals surface area contributed by atoms with Crippen molar-refractivity contribution in [1.82, 2.24) is 41.2 Å². The number of hydrogen-bond donors (Lipinski definition) is 7. The van der Waals surface area contributed by atoms with Crippen LogP contribution < -0.4 is 37.9 Å². The predicted molar refractivity (Wildman–Crippen MR) is 263 cm³/mol. The van der Waals surface area contributed by atoms with Crippen molar-refractivity contribution < 1.29 is 57.4 Å². The van der Waals surface area contributed by atoms with Crippen LogP contribution in [-0.4, -0.2) is 111 Å². The van der Waals surface area contributed by atoms with E-state index < -0.39 is 102 Å². The molecule has 0 spiro atoms. The van der Waals surface area contributed by atoms with Gasteiger partial charge in [-0.25, -0.2) is 24.1 Å². The van der Waals surface area contributed by atoms with E-state index in [1.165, 1.54) is 10.6 Å². The minimum Gasteiger partial charge on any atom is -0.458 e. The number of carbonyl (C=O) groups is 7.